The summed E-state index contributed by atoms with van der Waals surface area (Å²) in [6.07, 6.45) is 1.33. The van der Waals surface area contributed by atoms with Gasteiger partial charge in [-0.3, -0.25) is 4.79 Å². The summed E-state index contributed by atoms with van der Waals surface area (Å²) < 4.78 is 10.7. The normalized spacial score (nSPS) is 11.8. The van der Waals surface area contributed by atoms with E-state index < -0.39 is 0 Å². The zero-order valence-corrected chi connectivity index (χ0v) is 12.4. The molecule has 0 bridgehead atoms. The number of ether oxygens (including phenoxy) is 2. The van der Waals surface area contributed by atoms with Crippen LogP contribution in [0, 0.1) is 5.92 Å². The van der Waals surface area contributed by atoms with Crippen LogP contribution in [0.3, 0.4) is 0 Å². The zero-order chi connectivity index (χ0) is 15.0. The second-order valence-corrected chi connectivity index (χ2v) is 4.56. The van der Waals surface area contributed by atoms with Crippen LogP contribution in [0.5, 0.6) is 11.5 Å². The molecule has 1 amide bonds. The second kappa shape index (κ2) is 8.43. The molecule has 1 aromatic rings. The summed E-state index contributed by atoms with van der Waals surface area (Å²) in [5, 5.41) is 2.86. The van der Waals surface area contributed by atoms with E-state index in [1.54, 1.807) is 25.3 Å². The largest absolute Gasteiger partial charge is 0.493 e. The van der Waals surface area contributed by atoms with Crippen molar-refractivity contribution in [2.75, 3.05) is 25.6 Å². The number of methoxy groups -OCH3 is 1. The van der Waals surface area contributed by atoms with Gasteiger partial charge in [-0.1, -0.05) is 13.3 Å². The molecule has 0 aliphatic carbocycles. The van der Waals surface area contributed by atoms with Gasteiger partial charge in [0, 0.05) is 18.2 Å². The molecule has 1 atom stereocenters. The average Bonchev–Trinajstić information content (AvgIpc) is 2.45. The van der Waals surface area contributed by atoms with Gasteiger partial charge in [0.2, 0.25) is 5.91 Å². The Morgan fingerprint density at radius 2 is 2.10 bits per heavy atom. The third-order valence-corrected chi connectivity index (χ3v) is 3.13. The summed E-state index contributed by atoms with van der Waals surface area (Å²) in [5.41, 5.74) is 6.31. The first-order valence-corrected chi connectivity index (χ1v) is 6.95. The van der Waals surface area contributed by atoms with E-state index in [9.17, 15) is 4.79 Å². The SMILES string of the molecule is CCOc1cc(NC(=O)CC(CC)CN)ccc1OC. The summed E-state index contributed by atoms with van der Waals surface area (Å²) in [4.78, 5) is 11.9. The molecule has 0 heterocycles. The quantitative estimate of drug-likeness (QED) is 0.767. The maximum atomic E-state index is 11.9. The molecule has 5 heteroatoms. The molecule has 0 radical (unpaired) electrons. The fourth-order valence-electron chi connectivity index (χ4n) is 1.89. The number of anilines is 1. The highest BCUT2D eigenvalue weighted by Gasteiger charge is 2.12. The summed E-state index contributed by atoms with van der Waals surface area (Å²) in [6.45, 7) is 5.00. The first-order chi connectivity index (χ1) is 9.64. The summed E-state index contributed by atoms with van der Waals surface area (Å²) in [5.74, 6) is 1.46. The van der Waals surface area contributed by atoms with Crippen molar-refractivity contribution in [3.8, 4) is 11.5 Å². The zero-order valence-electron chi connectivity index (χ0n) is 12.4. The van der Waals surface area contributed by atoms with E-state index in [-0.39, 0.29) is 11.8 Å². The van der Waals surface area contributed by atoms with Gasteiger partial charge in [-0.05, 0) is 31.5 Å². The van der Waals surface area contributed by atoms with Gasteiger partial charge >= 0.3 is 0 Å². The minimum atomic E-state index is -0.0325. The first kappa shape index (κ1) is 16.3. The lowest BCUT2D eigenvalue weighted by Gasteiger charge is -2.14. The first-order valence-electron chi connectivity index (χ1n) is 6.95. The monoisotopic (exact) mass is 280 g/mol. The highest BCUT2D eigenvalue weighted by Crippen LogP contribution is 2.30. The molecule has 0 aromatic heterocycles. The Balaban J connectivity index is 2.72. The van der Waals surface area contributed by atoms with Crippen molar-refractivity contribution in [3.63, 3.8) is 0 Å². The van der Waals surface area contributed by atoms with Crippen LogP contribution in [0.4, 0.5) is 5.69 Å². The molecule has 112 valence electrons. The Morgan fingerprint density at radius 1 is 1.35 bits per heavy atom. The minimum Gasteiger partial charge on any atom is -0.493 e. The van der Waals surface area contributed by atoms with Crippen LogP contribution in [0.15, 0.2) is 18.2 Å². The molecular formula is C15H24N2O3. The topological polar surface area (TPSA) is 73.6 Å². The highest BCUT2D eigenvalue weighted by molar-refractivity contribution is 5.91. The van der Waals surface area contributed by atoms with Gasteiger partial charge in [0.1, 0.15) is 0 Å². The molecule has 0 aliphatic rings. The average molecular weight is 280 g/mol. The molecule has 0 fully saturated rings. The van der Waals surface area contributed by atoms with Gasteiger partial charge in [0.05, 0.1) is 13.7 Å². The maximum Gasteiger partial charge on any atom is 0.224 e. The van der Waals surface area contributed by atoms with Gasteiger partial charge in [-0.15, -0.1) is 0 Å². The molecule has 0 aliphatic heterocycles. The van der Waals surface area contributed by atoms with E-state index >= 15 is 0 Å². The number of amides is 1. The van der Waals surface area contributed by atoms with Crippen LogP contribution in [0.25, 0.3) is 0 Å². The van der Waals surface area contributed by atoms with E-state index in [0.717, 1.165) is 6.42 Å². The molecule has 1 rings (SSSR count). The lowest BCUT2D eigenvalue weighted by Crippen LogP contribution is -2.21. The van der Waals surface area contributed by atoms with Crippen molar-refractivity contribution >= 4 is 11.6 Å². The Kier molecular flexibility index (Phi) is 6.87. The third-order valence-electron chi connectivity index (χ3n) is 3.13. The Labute approximate surface area is 120 Å². The standard InChI is InChI=1S/C15H24N2O3/c1-4-11(10-16)8-15(18)17-12-6-7-13(19-3)14(9-12)20-5-2/h6-7,9,11H,4-5,8,10,16H2,1-3H3,(H,17,18). The number of nitrogens with one attached hydrogen (secondary N) is 1. The van der Waals surface area contributed by atoms with Crippen molar-refractivity contribution in [2.45, 2.75) is 26.7 Å². The van der Waals surface area contributed by atoms with Crippen LogP contribution in [0.2, 0.25) is 0 Å². The van der Waals surface area contributed by atoms with E-state index in [0.29, 0.717) is 36.8 Å². The molecule has 1 aromatic carbocycles. The minimum absolute atomic E-state index is 0.0325. The van der Waals surface area contributed by atoms with Gasteiger partial charge in [-0.2, -0.15) is 0 Å². The molecule has 20 heavy (non-hydrogen) atoms. The summed E-state index contributed by atoms with van der Waals surface area (Å²) in [7, 11) is 1.59. The van der Waals surface area contributed by atoms with Crippen molar-refractivity contribution in [2.24, 2.45) is 11.7 Å². The molecule has 1 unspecified atom stereocenters. The highest BCUT2D eigenvalue weighted by atomic mass is 16.5. The summed E-state index contributed by atoms with van der Waals surface area (Å²) in [6, 6.07) is 5.34. The molecular weight excluding hydrogens is 256 g/mol. The summed E-state index contributed by atoms with van der Waals surface area (Å²) >= 11 is 0. The van der Waals surface area contributed by atoms with Crippen LogP contribution >= 0.6 is 0 Å². The van der Waals surface area contributed by atoms with Gasteiger partial charge in [-0.25, -0.2) is 0 Å². The van der Waals surface area contributed by atoms with Crippen LogP contribution in [-0.4, -0.2) is 26.2 Å². The van der Waals surface area contributed by atoms with Gasteiger partial charge in [0.25, 0.3) is 0 Å². The van der Waals surface area contributed by atoms with Gasteiger partial charge < -0.3 is 20.5 Å². The second-order valence-electron chi connectivity index (χ2n) is 4.56. The third kappa shape index (κ3) is 4.74. The smallest absolute Gasteiger partial charge is 0.224 e. The number of benzene rings is 1. The van der Waals surface area contributed by atoms with E-state index in [1.165, 1.54) is 0 Å². The lowest BCUT2D eigenvalue weighted by atomic mass is 10.0. The van der Waals surface area contributed by atoms with E-state index in [1.807, 2.05) is 13.8 Å². The fraction of sp³-hybridized carbons (Fsp3) is 0.533. The number of nitrogens with two attached hydrogens (primary N) is 1. The van der Waals surface area contributed by atoms with Crippen molar-refractivity contribution in [1.82, 2.24) is 0 Å². The van der Waals surface area contributed by atoms with Gasteiger partial charge in [0.15, 0.2) is 11.5 Å². The molecule has 0 spiro atoms. The molecule has 3 N–H and O–H groups in total. The number of carbonyl (C=O) groups excluding carboxylic acids is 1. The molecule has 5 nitrogen and oxygen atoms in total. The maximum absolute atomic E-state index is 11.9. The Morgan fingerprint density at radius 3 is 2.65 bits per heavy atom. The van der Waals surface area contributed by atoms with Crippen molar-refractivity contribution < 1.29 is 14.3 Å². The predicted molar refractivity (Wildman–Crippen MR) is 80.2 cm³/mol. The lowest BCUT2D eigenvalue weighted by molar-refractivity contribution is -0.117. The van der Waals surface area contributed by atoms with E-state index in [4.69, 9.17) is 15.2 Å². The number of carbonyl (C=O) groups is 1. The van der Waals surface area contributed by atoms with Crippen molar-refractivity contribution in [3.05, 3.63) is 18.2 Å². The van der Waals surface area contributed by atoms with Crippen LogP contribution < -0.4 is 20.5 Å². The fourth-order valence-corrected chi connectivity index (χ4v) is 1.89. The molecule has 0 saturated heterocycles. The number of rotatable bonds is 8. The van der Waals surface area contributed by atoms with Crippen molar-refractivity contribution in [1.29, 1.82) is 0 Å². The van der Waals surface area contributed by atoms with Crippen LogP contribution in [0.1, 0.15) is 26.7 Å². The predicted octanol–water partition coefficient (Wildman–Crippen LogP) is 2.41. The Bertz CT molecular complexity index is 431. The number of hydrogen-bond acceptors (Lipinski definition) is 4. The Hall–Kier alpha value is -1.75. The van der Waals surface area contributed by atoms with E-state index in [2.05, 4.69) is 5.32 Å². The number of hydrogen-bond donors (Lipinski definition) is 2. The molecule has 0 saturated carbocycles. The van der Waals surface area contributed by atoms with Crippen LogP contribution in [-0.2, 0) is 4.79 Å².